The van der Waals surface area contributed by atoms with E-state index >= 15 is 0 Å². The molecule has 2 heterocycles. The topological polar surface area (TPSA) is 80.5 Å². The molecule has 0 aliphatic carbocycles. The molecule has 0 saturated carbocycles. The summed E-state index contributed by atoms with van der Waals surface area (Å²) in [6.07, 6.45) is 2.29. The first-order chi connectivity index (χ1) is 8.83. The molecular weight excluding hydrogens is 226 g/mol. The highest BCUT2D eigenvalue weighted by Gasteiger charge is 2.10. The van der Waals surface area contributed by atoms with Crippen LogP contribution in [-0.4, -0.2) is 20.4 Å². The van der Waals surface area contributed by atoms with Crippen molar-refractivity contribution in [3.05, 3.63) is 54.0 Å². The summed E-state index contributed by atoms with van der Waals surface area (Å²) in [6.45, 7) is 0. The van der Waals surface area contributed by atoms with E-state index in [2.05, 4.69) is 26.5 Å². The van der Waals surface area contributed by atoms with E-state index in [1.165, 1.54) is 0 Å². The minimum absolute atomic E-state index is 0.183. The van der Waals surface area contributed by atoms with Crippen LogP contribution < -0.4 is 5.73 Å². The van der Waals surface area contributed by atoms with E-state index in [0.717, 1.165) is 22.3 Å². The van der Waals surface area contributed by atoms with Crippen molar-refractivity contribution in [3.8, 4) is 0 Å². The van der Waals surface area contributed by atoms with Gasteiger partial charge in [0.1, 0.15) is 0 Å². The highest BCUT2D eigenvalue weighted by molar-refractivity contribution is 5.78. The molecule has 0 spiro atoms. The average Bonchev–Trinajstić information content (AvgIpc) is 2.92. The van der Waals surface area contributed by atoms with E-state index in [-0.39, 0.29) is 6.04 Å². The number of H-pyrrole nitrogens is 1. The molecule has 2 aromatic heterocycles. The lowest BCUT2D eigenvalue weighted by atomic mass is 10.1. The second-order valence-corrected chi connectivity index (χ2v) is 4.20. The molecule has 0 aliphatic heterocycles. The third-order valence-corrected chi connectivity index (χ3v) is 2.90. The van der Waals surface area contributed by atoms with Crippen LogP contribution in [0.3, 0.4) is 0 Å². The maximum Gasteiger partial charge on any atom is 0.0995 e. The Kier molecular flexibility index (Phi) is 2.74. The van der Waals surface area contributed by atoms with Crippen LogP contribution >= 0.6 is 0 Å². The first kappa shape index (κ1) is 10.9. The van der Waals surface area contributed by atoms with Crippen LogP contribution in [0.5, 0.6) is 0 Å². The number of fused-ring (bicyclic) bond motifs is 1. The van der Waals surface area contributed by atoms with Gasteiger partial charge in [0, 0.05) is 17.5 Å². The van der Waals surface area contributed by atoms with Gasteiger partial charge in [-0.15, -0.1) is 0 Å². The molecule has 0 saturated heterocycles. The molecule has 1 unspecified atom stereocenters. The van der Waals surface area contributed by atoms with E-state index < -0.39 is 0 Å². The Bertz CT molecular complexity index is 647. The molecule has 3 N–H and O–H groups in total. The number of nitrogens with one attached hydrogen (secondary N) is 1. The molecule has 90 valence electrons. The van der Waals surface area contributed by atoms with E-state index in [1.54, 1.807) is 6.20 Å². The number of benzene rings is 1. The molecule has 0 fully saturated rings. The molecule has 1 aromatic carbocycles. The number of hydrogen-bond donors (Lipinski definition) is 2. The monoisotopic (exact) mass is 239 g/mol. The number of aromatic nitrogens is 4. The van der Waals surface area contributed by atoms with Crippen LogP contribution in [0.25, 0.3) is 10.9 Å². The Hall–Kier alpha value is -2.27. The van der Waals surface area contributed by atoms with Crippen molar-refractivity contribution in [2.45, 2.75) is 12.5 Å². The number of pyridine rings is 1. The first-order valence-corrected chi connectivity index (χ1v) is 5.79. The second kappa shape index (κ2) is 4.54. The maximum atomic E-state index is 6.05. The van der Waals surface area contributed by atoms with Crippen LogP contribution in [0.1, 0.15) is 17.4 Å². The van der Waals surface area contributed by atoms with Gasteiger partial charge < -0.3 is 5.73 Å². The Morgan fingerprint density at radius 1 is 1.17 bits per heavy atom. The Balaban J connectivity index is 1.86. The van der Waals surface area contributed by atoms with Crippen molar-refractivity contribution in [1.82, 2.24) is 20.4 Å². The van der Waals surface area contributed by atoms with Gasteiger partial charge in [0.15, 0.2) is 0 Å². The number of hydrogen-bond acceptors (Lipinski definition) is 4. The van der Waals surface area contributed by atoms with Gasteiger partial charge in [-0.05, 0) is 12.1 Å². The largest absolute Gasteiger partial charge is 0.322 e. The quantitative estimate of drug-likeness (QED) is 0.727. The lowest BCUT2D eigenvalue weighted by molar-refractivity contribution is 0.681. The summed E-state index contributed by atoms with van der Waals surface area (Å²) in [5.74, 6) is 0. The summed E-state index contributed by atoms with van der Waals surface area (Å²) in [5.41, 5.74) is 8.76. The van der Waals surface area contributed by atoms with Gasteiger partial charge in [0.2, 0.25) is 0 Å². The van der Waals surface area contributed by atoms with Crippen LogP contribution in [0.4, 0.5) is 0 Å². The summed E-state index contributed by atoms with van der Waals surface area (Å²) in [5, 5.41) is 11.4. The lowest BCUT2D eigenvalue weighted by Crippen LogP contribution is -2.14. The zero-order chi connectivity index (χ0) is 12.4. The van der Waals surface area contributed by atoms with Gasteiger partial charge in [-0.3, -0.25) is 4.98 Å². The van der Waals surface area contributed by atoms with Gasteiger partial charge in [-0.25, -0.2) is 0 Å². The number of para-hydroxylation sites is 1. The van der Waals surface area contributed by atoms with E-state index in [9.17, 15) is 0 Å². The highest BCUT2D eigenvalue weighted by atomic mass is 15.3. The molecule has 18 heavy (non-hydrogen) atoms. The normalized spacial score (nSPS) is 12.7. The van der Waals surface area contributed by atoms with E-state index in [0.29, 0.717) is 6.42 Å². The summed E-state index contributed by atoms with van der Waals surface area (Å²) in [4.78, 5) is 4.59. The molecule has 3 aromatic rings. The molecule has 0 amide bonds. The molecule has 0 aliphatic rings. The number of nitrogens with two attached hydrogens (primary N) is 1. The van der Waals surface area contributed by atoms with Gasteiger partial charge in [0.25, 0.3) is 0 Å². The summed E-state index contributed by atoms with van der Waals surface area (Å²) in [7, 11) is 0. The van der Waals surface area contributed by atoms with Crippen molar-refractivity contribution in [2.75, 3.05) is 0 Å². The third kappa shape index (κ3) is 2.08. The van der Waals surface area contributed by atoms with Crippen LogP contribution in [0.15, 0.2) is 42.6 Å². The van der Waals surface area contributed by atoms with Crippen LogP contribution in [0, 0.1) is 0 Å². The Morgan fingerprint density at radius 3 is 2.89 bits per heavy atom. The first-order valence-electron chi connectivity index (χ1n) is 5.79. The standard InChI is InChI=1S/C13H13N5/c14-11(13-8-15-18-17-13)7-10-6-5-9-3-1-2-4-12(9)16-10/h1-6,8,11H,7,14H2,(H,15,17,18). The minimum Gasteiger partial charge on any atom is -0.322 e. The fourth-order valence-corrected chi connectivity index (χ4v) is 1.94. The number of nitrogens with zero attached hydrogens (tertiary/aromatic N) is 3. The van der Waals surface area contributed by atoms with Crippen molar-refractivity contribution < 1.29 is 0 Å². The molecule has 5 heteroatoms. The summed E-state index contributed by atoms with van der Waals surface area (Å²) in [6, 6.07) is 11.9. The third-order valence-electron chi connectivity index (χ3n) is 2.90. The zero-order valence-corrected chi connectivity index (χ0v) is 9.74. The SMILES string of the molecule is NC(Cc1ccc2ccccc2n1)c1cn[nH]n1. The van der Waals surface area contributed by atoms with Gasteiger partial charge >= 0.3 is 0 Å². The van der Waals surface area contributed by atoms with Crippen molar-refractivity contribution in [1.29, 1.82) is 0 Å². The molecular formula is C13H13N5. The van der Waals surface area contributed by atoms with Gasteiger partial charge in [-0.2, -0.15) is 15.4 Å². The van der Waals surface area contributed by atoms with Crippen LogP contribution in [0.2, 0.25) is 0 Å². The Labute approximate surface area is 104 Å². The summed E-state index contributed by atoms with van der Waals surface area (Å²) >= 11 is 0. The molecule has 5 nitrogen and oxygen atoms in total. The van der Waals surface area contributed by atoms with Crippen molar-refractivity contribution in [3.63, 3.8) is 0 Å². The molecule has 0 radical (unpaired) electrons. The van der Waals surface area contributed by atoms with Crippen LogP contribution in [-0.2, 0) is 6.42 Å². The smallest absolute Gasteiger partial charge is 0.0995 e. The second-order valence-electron chi connectivity index (χ2n) is 4.20. The molecule has 1 atom stereocenters. The van der Waals surface area contributed by atoms with Gasteiger partial charge in [-0.1, -0.05) is 24.3 Å². The van der Waals surface area contributed by atoms with Crippen molar-refractivity contribution in [2.24, 2.45) is 5.73 Å². The highest BCUT2D eigenvalue weighted by Crippen LogP contribution is 2.15. The number of aromatic amines is 1. The van der Waals surface area contributed by atoms with Crippen molar-refractivity contribution >= 4 is 10.9 Å². The average molecular weight is 239 g/mol. The lowest BCUT2D eigenvalue weighted by Gasteiger charge is -2.08. The predicted octanol–water partition coefficient (Wildman–Crippen LogP) is 1.60. The van der Waals surface area contributed by atoms with E-state index in [4.69, 9.17) is 5.73 Å². The number of rotatable bonds is 3. The summed E-state index contributed by atoms with van der Waals surface area (Å²) < 4.78 is 0. The maximum absolute atomic E-state index is 6.05. The predicted molar refractivity (Wildman–Crippen MR) is 68.8 cm³/mol. The molecule has 3 rings (SSSR count). The zero-order valence-electron chi connectivity index (χ0n) is 9.74. The minimum atomic E-state index is -0.183. The van der Waals surface area contributed by atoms with E-state index in [1.807, 2.05) is 30.3 Å². The Morgan fingerprint density at radius 2 is 2.06 bits per heavy atom. The fraction of sp³-hybridized carbons (Fsp3) is 0.154. The molecule has 0 bridgehead atoms. The van der Waals surface area contributed by atoms with Gasteiger partial charge in [0.05, 0.1) is 23.4 Å². The fourth-order valence-electron chi connectivity index (χ4n) is 1.94.